The number of nitrogens with one attached hydrogen (secondary N) is 3. The van der Waals surface area contributed by atoms with E-state index >= 15 is 0 Å². The quantitative estimate of drug-likeness (QED) is 0.594. The van der Waals surface area contributed by atoms with Crippen molar-refractivity contribution in [2.45, 2.75) is 58.4 Å². The van der Waals surface area contributed by atoms with Crippen molar-refractivity contribution in [1.82, 2.24) is 16.0 Å². The Balaban J connectivity index is 2.17. The highest BCUT2D eigenvalue weighted by molar-refractivity contribution is 5.95. The average Bonchev–Trinajstić information content (AvgIpc) is 2.58. The van der Waals surface area contributed by atoms with Crippen LogP contribution in [0.1, 0.15) is 52.4 Å². The van der Waals surface area contributed by atoms with Crippen LogP contribution in [0.15, 0.2) is 0 Å². The summed E-state index contributed by atoms with van der Waals surface area (Å²) in [6.45, 7) is 2.86. The minimum atomic E-state index is -0.720. The van der Waals surface area contributed by atoms with Crippen molar-refractivity contribution in [2.24, 2.45) is 5.92 Å². The molecule has 0 spiro atoms. The lowest BCUT2D eigenvalue weighted by atomic mass is 9.89. The predicted octanol–water partition coefficient (Wildman–Crippen LogP) is 0.850. The van der Waals surface area contributed by atoms with Crippen LogP contribution >= 0.6 is 0 Å². The molecule has 1 atom stereocenters. The third kappa shape index (κ3) is 7.94. The van der Waals surface area contributed by atoms with Crippen molar-refractivity contribution in [2.75, 3.05) is 13.2 Å². The third-order valence-corrected chi connectivity index (χ3v) is 3.99. The summed E-state index contributed by atoms with van der Waals surface area (Å²) in [5.41, 5.74) is 0. The van der Waals surface area contributed by atoms with Gasteiger partial charge < -0.3 is 15.4 Å². The molecule has 1 saturated carbocycles. The molecule has 0 heterocycles. The fraction of sp³-hybridized carbons (Fsp3) is 0.750. The average molecular weight is 341 g/mol. The Morgan fingerprint density at radius 2 is 1.79 bits per heavy atom. The Hall–Kier alpha value is -2.12. The Morgan fingerprint density at radius 1 is 1.12 bits per heavy atom. The molecule has 4 amide bonds. The number of carbonyl (C=O) groups excluding carboxylic acids is 4. The maximum absolute atomic E-state index is 11.9. The van der Waals surface area contributed by atoms with Gasteiger partial charge in [-0.1, -0.05) is 26.2 Å². The number of urea groups is 1. The molecule has 8 nitrogen and oxygen atoms in total. The first-order chi connectivity index (χ1) is 11.4. The van der Waals surface area contributed by atoms with Crippen LogP contribution in [0.3, 0.4) is 0 Å². The minimum absolute atomic E-state index is 0.0425. The van der Waals surface area contributed by atoms with E-state index in [1.807, 2.05) is 6.92 Å². The smallest absolute Gasteiger partial charge is 0.325 e. The first kappa shape index (κ1) is 19.9. The monoisotopic (exact) mass is 341 g/mol. The van der Waals surface area contributed by atoms with Crippen LogP contribution in [-0.2, 0) is 19.1 Å². The number of carbonyl (C=O) groups is 4. The number of hydrogen-bond donors (Lipinski definition) is 3. The molecule has 0 aromatic heterocycles. The van der Waals surface area contributed by atoms with Gasteiger partial charge in [-0.3, -0.25) is 19.7 Å². The van der Waals surface area contributed by atoms with Gasteiger partial charge in [-0.25, -0.2) is 4.79 Å². The summed E-state index contributed by atoms with van der Waals surface area (Å²) < 4.78 is 4.73. The second-order valence-corrected chi connectivity index (χ2v) is 6.04. The van der Waals surface area contributed by atoms with E-state index in [9.17, 15) is 19.2 Å². The van der Waals surface area contributed by atoms with E-state index in [1.54, 1.807) is 6.92 Å². The molecule has 0 bridgehead atoms. The topological polar surface area (TPSA) is 114 Å². The van der Waals surface area contributed by atoms with Crippen LogP contribution < -0.4 is 16.0 Å². The van der Waals surface area contributed by atoms with Gasteiger partial charge in [-0.15, -0.1) is 0 Å². The number of ether oxygens (including phenoxy) is 1. The van der Waals surface area contributed by atoms with Gasteiger partial charge in [0.25, 0.3) is 5.91 Å². The molecule has 0 saturated heterocycles. The van der Waals surface area contributed by atoms with E-state index in [4.69, 9.17) is 4.74 Å². The lowest BCUT2D eigenvalue weighted by molar-refractivity contribution is -0.148. The van der Waals surface area contributed by atoms with Crippen molar-refractivity contribution in [3.63, 3.8) is 0 Å². The summed E-state index contributed by atoms with van der Waals surface area (Å²) in [6, 6.07) is -0.689. The van der Waals surface area contributed by atoms with Crippen molar-refractivity contribution in [1.29, 1.82) is 0 Å². The van der Waals surface area contributed by atoms with Crippen molar-refractivity contribution < 1.29 is 23.9 Å². The van der Waals surface area contributed by atoms with E-state index in [0.717, 1.165) is 38.5 Å². The molecule has 1 aliphatic rings. The van der Waals surface area contributed by atoms with E-state index in [0.29, 0.717) is 0 Å². The van der Waals surface area contributed by atoms with Gasteiger partial charge in [0.1, 0.15) is 6.54 Å². The molecule has 0 aromatic rings. The normalized spacial score (nSPS) is 15.9. The molecular formula is C16H27N3O5. The van der Waals surface area contributed by atoms with Crippen LogP contribution in [0, 0.1) is 5.92 Å². The second-order valence-electron chi connectivity index (χ2n) is 6.04. The van der Waals surface area contributed by atoms with Gasteiger partial charge in [-0.05, 0) is 26.2 Å². The fourth-order valence-corrected chi connectivity index (χ4v) is 2.39. The standard InChI is InChI=1S/C16H27N3O5/c1-3-11(2)18-16(23)19-13(20)10-24-14(21)9-17-15(22)12-7-5-4-6-8-12/h11-12H,3-10H2,1-2H3,(H,17,22)(H2,18,19,20,23)/t11-/m1/s1. The largest absolute Gasteiger partial charge is 0.454 e. The van der Waals surface area contributed by atoms with E-state index in [1.165, 1.54) is 0 Å². The van der Waals surface area contributed by atoms with Crippen LogP contribution in [0.4, 0.5) is 4.79 Å². The Kier molecular flexibility index (Phi) is 8.81. The van der Waals surface area contributed by atoms with Crippen molar-refractivity contribution in [3.05, 3.63) is 0 Å². The molecule has 136 valence electrons. The molecule has 1 rings (SSSR count). The first-order valence-corrected chi connectivity index (χ1v) is 8.46. The first-order valence-electron chi connectivity index (χ1n) is 8.46. The molecule has 24 heavy (non-hydrogen) atoms. The second kappa shape index (κ2) is 10.6. The molecule has 0 radical (unpaired) electrons. The van der Waals surface area contributed by atoms with Crippen molar-refractivity contribution in [3.8, 4) is 0 Å². The maximum atomic E-state index is 11.9. The van der Waals surface area contributed by atoms with Gasteiger partial charge in [0.2, 0.25) is 5.91 Å². The summed E-state index contributed by atoms with van der Waals surface area (Å²) in [5, 5.41) is 7.15. The van der Waals surface area contributed by atoms with Crippen LogP contribution in [0.25, 0.3) is 0 Å². The zero-order valence-corrected chi connectivity index (χ0v) is 14.4. The Labute approximate surface area is 142 Å². The van der Waals surface area contributed by atoms with E-state index in [-0.39, 0.29) is 24.4 Å². The zero-order chi connectivity index (χ0) is 17.9. The molecule has 0 aliphatic heterocycles. The van der Waals surface area contributed by atoms with E-state index in [2.05, 4.69) is 16.0 Å². The molecule has 1 fully saturated rings. The maximum Gasteiger partial charge on any atom is 0.325 e. The Morgan fingerprint density at radius 3 is 2.42 bits per heavy atom. The van der Waals surface area contributed by atoms with Gasteiger partial charge in [-0.2, -0.15) is 0 Å². The zero-order valence-electron chi connectivity index (χ0n) is 14.4. The summed E-state index contributed by atoms with van der Waals surface area (Å²) in [5.74, 6) is -1.62. The lowest BCUT2D eigenvalue weighted by Gasteiger charge is -2.20. The molecule has 0 unspecified atom stereocenters. The predicted molar refractivity (Wildman–Crippen MR) is 87.0 cm³/mol. The van der Waals surface area contributed by atoms with Gasteiger partial charge >= 0.3 is 12.0 Å². The van der Waals surface area contributed by atoms with Crippen LogP contribution in [0.2, 0.25) is 0 Å². The van der Waals surface area contributed by atoms with Gasteiger partial charge in [0, 0.05) is 12.0 Å². The summed E-state index contributed by atoms with van der Waals surface area (Å²) >= 11 is 0. The lowest BCUT2D eigenvalue weighted by Crippen LogP contribution is -2.45. The summed E-state index contributed by atoms with van der Waals surface area (Å²) in [4.78, 5) is 46.3. The third-order valence-electron chi connectivity index (χ3n) is 3.99. The number of rotatable bonds is 7. The van der Waals surface area contributed by atoms with Crippen molar-refractivity contribution >= 4 is 23.8 Å². The molecular weight excluding hydrogens is 314 g/mol. The highest BCUT2D eigenvalue weighted by Gasteiger charge is 2.21. The van der Waals surface area contributed by atoms with Crippen LogP contribution in [-0.4, -0.2) is 43.0 Å². The highest BCUT2D eigenvalue weighted by atomic mass is 16.5. The van der Waals surface area contributed by atoms with Gasteiger partial charge in [0.15, 0.2) is 6.61 Å². The van der Waals surface area contributed by atoms with Crippen LogP contribution in [0.5, 0.6) is 0 Å². The SMILES string of the molecule is CC[C@@H](C)NC(=O)NC(=O)COC(=O)CNC(=O)C1CCCCC1. The highest BCUT2D eigenvalue weighted by Crippen LogP contribution is 2.23. The molecule has 8 heteroatoms. The number of esters is 1. The summed E-state index contributed by atoms with van der Waals surface area (Å²) in [7, 11) is 0. The fourth-order valence-electron chi connectivity index (χ4n) is 2.39. The number of imide groups is 1. The minimum Gasteiger partial charge on any atom is -0.454 e. The Bertz CT molecular complexity index is 461. The van der Waals surface area contributed by atoms with E-state index < -0.39 is 24.5 Å². The number of amides is 4. The van der Waals surface area contributed by atoms with Gasteiger partial charge in [0.05, 0.1) is 0 Å². The molecule has 1 aliphatic carbocycles. The number of hydrogen-bond acceptors (Lipinski definition) is 5. The summed E-state index contributed by atoms with van der Waals surface area (Å²) in [6.07, 6.45) is 5.62. The molecule has 3 N–H and O–H groups in total. The molecule has 0 aromatic carbocycles.